The van der Waals surface area contributed by atoms with Crippen molar-refractivity contribution in [2.24, 2.45) is 0 Å². The summed E-state index contributed by atoms with van der Waals surface area (Å²) in [6, 6.07) is 6.36. The van der Waals surface area contributed by atoms with E-state index in [2.05, 4.69) is 44.0 Å². The van der Waals surface area contributed by atoms with Gasteiger partial charge in [-0.15, -0.1) is 0 Å². The molecule has 0 N–H and O–H groups in total. The standard InChI is InChI=1S/C14H19N3/c1-10(2)14-12(9-17(16-14)11(3)4)13-7-5-6-8-15-13/h5-11H,1-4H3. The molecular weight excluding hydrogens is 210 g/mol. The highest BCUT2D eigenvalue weighted by molar-refractivity contribution is 5.61. The van der Waals surface area contributed by atoms with E-state index in [9.17, 15) is 0 Å². The Morgan fingerprint density at radius 2 is 1.88 bits per heavy atom. The predicted octanol–water partition coefficient (Wildman–Crippen LogP) is 3.65. The van der Waals surface area contributed by atoms with Crippen LogP contribution in [0.2, 0.25) is 0 Å². The molecule has 2 rings (SSSR count). The van der Waals surface area contributed by atoms with E-state index in [1.165, 1.54) is 0 Å². The molecule has 0 aliphatic rings. The molecule has 90 valence electrons. The number of pyridine rings is 1. The fourth-order valence-corrected chi connectivity index (χ4v) is 1.82. The molecule has 3 heteroatoms. The van der Waals surface area contributed by atoms with Crippen LogP contribution in [-0.4, -0.2) is 14.8 Å². The van der Waals surface area contributed by atoms with Crippen LogP contribution in [0.4, 0.5) is 0 Å². The minimum atomic E-state index is 0.380. The lowest BCUT2D eigenvalue weighted by molar-refractivity contribution is 0.523. The van der Waals surface area contributed by atoms with Crippen LogP contribution in [0.5, 0.6) is 0 Å². The van der Waals surface area contributed by atoms with Crippen molar-refractivity contribution >= 4 is 0 Å². The van der Waals surface area contributed by atoms with E-state index >= 15 is 0 Å². The Balaban J connectivity index is 2.52. The van der Waals surface area contributed by atoms with Gasteiger partial charge in [0, 0.05) is 24.0 Å². The van der Waals surface area contributed by atoms with Gasteiger partial charge in [0.15, 0.2) is 0 Å². The summed E-state index contributed by atoms with van der Waals surface area (Å²) in [5, 5.41) is 4.66. The quantitative estimate of drug-likeness (QED) is 0.804. The highest BCUT2D eigenvalue weighted by Gasteiger charge is 2.15. The van der Waals surface area contributed by atoms with Gasteiger partial charge in [0.2, 0.25) is 0 Å². The molecule has 0 unspecified atom stereocenters. The maximum Gasteiger partial charge on any atom is 0.0744 e. The Bertz CT molecular complexity index is 483. The van der Waals surface area contributed by atoms with Crippen molar-refractivity contribution in [1.29, 1.82) is 0 Å². The number of rotatable bonds is 3. The summed E-state index contributed by atoms with van der Waals surface area (Å²) >= 11 is 0. The summed E-state index contributed by atoms with van der Waals surface area (Å²) in [5.74, 6) is 0.409. The zero-order valence-corrected chi connectivity index (χ0v) is 10.9. The molecule has 0 fully saturated rings. The predicted molar refractivity (Wildman–Crippen MR) is 69.9 cm³/mol. The van der Waals surface area contributed by atoms with E-state index in [0.717, 1.165) is 17.0 Å². The first kappa shape index (κ1) is 11.8. The molecule has 17 heavy (non-hydrogen) atoms. The second-order valence-corrected chi connectivity index (χ2v) is 4.87. The van der Waals surface area contributed by atoms with Crippen LogP contribution in [0.3, 0.4) is 0 Å². The second-order valence-electron chi connectivity index (χ2n) is 4.87. The molecular formula is C14H19N3. The van der Waals surface area contributed by atoms with Crippen LogP contribution in [0.15, 0.2) is 30.6 Å². The number of hydrogen-bond acceptors (Lipinski definition) is 2. The number of aromatic nitrogens is 3. The zero-order valence-electron chi connectivity index (χ0n) is 10.9. The van der Waals surface area contributed by atoms with Gasteiger partial charge < -0.3 is 0 Å². The molecule has 0 spiro atoms. The summed E-state index contributed by atoms with van der Waals surface area (Å²) in [4.78, 5) is 4.41. The normalized spacial score (nSPS) is 11.4. The van der Waals surface area contributed by atoms with Gasteiger partial charge in [0.05, 0.1) is 11.4 Å². The topological polar surface area (TPSA) is 30.7 Å². The van der Waals surface area contributed by atoms with Crippen molar-refractivity contribution in [3.8, 4) is 11.3 Å². The number of hydrogen-bond donors (Lipinski definition) is 0. The van der Waals surface area contributed by atoms with Crippen LogP contribution < -0.4 is 0 Å². The Kier molecular flexibility index (Phi) is 3.27. The molecule has 0 bridgehead atoms. The molecule has 0 atom stereocenters. The summed E-state index contributed by atoms with van der Waals surface area (Å²) in [6.45, 7) is 8.61. The molecule has 2 heterocycles. The lowest BCUT2D eigenvalue weighted by Gasteiger charge is -2.04. The average molecular weight is 229 g/mol. The van der Waals surface area contributed by atoms with E-state index in [0.29, 0.717) is 12.0 Å². The van der Waals surface area contributed by atoms with Gasteiger partial charge in [-0.1, -0.05) is 19.9 Å². The highest BCUT2D eigenvalue weighted by atomic mass is 15.3. The van der Waals surface area contributed by atoms with Gasteiger partial charge in [0.1, 0.15) is 0 Å². The van der Waals surface area contributed by atoms with Crippen molar-refractivity contribution in [1.82, 2.24) is 14.8 Å². The van der Waals surface area contributed by atoms with Gasteiger partial charge in [0.25, 0.3) is 0 Å². The van der Waals surface area contributed by atoms with Gasteiger partial charge in [-0.05, 0) is 31.9 Å². The molecule has 2 aromatic heterocycles. The molecule has 0 aromatic carbocycles. The van der Waals surface area contributed by atoms with Crippen LogP contribution in [0, 0.1) is 0 Å². The maximum absolute atomic E-state index is 4.66. The fourth-order valence-electron chi connectivity index (χ4n) is 1.82. The van der Waals surface area contributed by atoms with Gasteiger partial charge >= 0.3 is 0 Å². The Labute approximate surface area is 103 Å². The minimum absolute atomic E-state index is 0.380. The van der Waals surface area contributed by atoms with E-state index in [1.54, 1.807) is 0 Å². The summed E-state index contributed by atoms with van der Waals surface area (Å²) in [6.07, 6.45) is 3.93. The Morgan fingerprint density at radius 3 is 2.41 bits per heavy atom. The minimum Gasteiger partial charge on any atom is -0.269 e. The smallest absolute Gasteiger partial charge is 0.0744 e. The van der Waals surface area contributed by atoms with Crippen molar-refractivity contribution < 1.29 is 0 Å². The molecule has 0 radical (unpaired) electrons. The SMILES string of the molecule is CC(C)c1nn(C(C)C)cc1-c1ccccn1. The van der Waals surface area contributed by atoms with Crippen molar-refractivity contribution in [2.45, 2.75) is 39.7 Å². The van der Waals surface area contributed by atoms with Gasteiger partial charge in [-0.2, -0.15) is 5.10 Å². The first-order valence-corrected chi connectivity index (χ1v) is 6.10. The summed E-state index contributed by atoms with van der Waals surface area (Å²) < 4.78 is 2.01. The lowest BCUT2D eigenvalue weighted by atomic mass is 10.0. The molecule has 2 aromatic rings. The fraction of sp³-hybridized carbons (Fsp3) is 0.429. The first-order valence-electron chi connectivity index (χ1n) is 6.10. The molecule has 0 aliphatic heterocycles. The van der Waals surface area contributed by atoms with Crippen molar-refractivity contribution in [3.05, 3.63) is 36.3 Å². The summed E-state index contributed by atoms with van der Waals surface area (Å²) in [7, 11) is 0. The van der Waals surface area contributed by atoms with Gasteiger partial charge in [-0.3, -0.25) is 9.67 Å². The molecule has 0 saturated carbocycles. The van der Waals surface area contributed by atoms with E-state index in [1.807, 2.05) is 29.1 Å². The average Bonchev–Trinajstić information content (AvgIpc) is 2.75. The molecule has 0 saturated heterocycles. The van der Waals surface area contributed by atoms with Crippen LogP contribution in [0.1, 0.15) is 45.3 Å². The largest absolute Gasteiger partial charge is 0.269 e. The summed E-state index contributed by atoms with van der Waals surface area (Å²) in [5.41, 5.74) is 3.27. The second kappa shape index (κ2) is 4.70. The van der Waals surface area contributed by atoms with Crippen LogP contribution in [0.25, 0.3) is 11.3 Å². The van der Waals surface area contributed by atoms with Crippen LogP contribution in [-0.2, 0) is 0 Å². The van der Waals surface area contributed by atoms with E-state index < -0.39 is 0 Å². The van der Waals surface area contributed by atoms with E-state index in [-0.39, 0.29) is 0 Å². The maximum atomic E-state index is 4.66. The third-order valence-electron chi connectivity index (χ3n) is 2.78. The first-order chi connectivity index (χ1) is 8.09. The zero-order chi connectivity index (χ0) is 12.4. The Morgan fingerprint density at radius 1 is 1.12 bits per heavy atom. The number of nitrogens with zero attached hydrogens (tertiary/aromatic N) is 3. The Hall–Kier alpha value is -1.64. The third kappa shape index (κ3) is 2.38. The van der Waals surface area contributed by atoms with Crippen LogP contribution >= 0.6 is 0 Å². The lowest BCUT2D eigenvalue weighted by Crippen LogP contribution is -2.02. The highest BCUT2D eigenvalue weighted by Crippen LogP contribution is 2.27. The molecule has 0 aliphatic carbocycles. The van der Waals surface area contributed by atoms with Crippen molar-refractivity contribution in [2.75, 3.05) is 0 Å². The monoisotopic (exact) mass is 229 g/mol. The molecule has 3 nitrogen and oxygen atoms in total. The third-order valence-corrected chi connectivity index (χ3v) is 2.78. The van der Waals surface area contributed by atoms with E-state index in [4.69, 9.17) is 0 Å². The molecule has 0 amide bonds. The van der Waals surface area contributed by atoms with Crippen molar-refractivity contribution in [3.63, 3.8) is 0 Å². The van der Waals surface area contributed by atoms with Gasteiger partial charge in [-0.25, -0.2) is 0 Å².